The zero-order valence-electron chi connectivity index (χ0n) is 19.0. The van der Waals surface area contributed by atoms with Crippen LogP contribution in [0.1, 0.15) is 24.2 Å². The molecular weight excluding hydrogens is 416 g/mol. The van der Waals surface area contributed by atoms with Crippen molar-refractivity contribution < 1.29 is 0 Å². The average molecular weight is 443 g/mol. The summed E-state index contributed by atoms with van der Waals surface area (Å²) < 4.78 is 0. The van der Waals surface area contributed by atoms with Crippen LogP contribution in [0, 0.1) is 0 Å². The van der Waals surface area contributed by atoms with E-state index in [2.05, 4.69) is 110 Å². The Morgan fingerprint density at radius 2 is 1.33 bits per heavy atom. The van der Waals surface area contributed by atoms with E-state index in [0.29, 0.717) is 0 Å². The van der Waals surface area contributed by atoms with Gasteiger partial charge in [0, 0.05) is 11.1 Å². The second kappa shape index (κ2) is 7.79. The summed E-state index contributed by atoms with van der Waals surface area (Å²) >= 11 is 0. The number of fused-ring (bicyclic) bond motifs is 3. The summed E-state index contributed by atoms with van der Waals surface area (Å²) in [6.45, 7) is 4.87. The summed E-state index contributed by atoms with van der Waals surface area (Å²) in [4.78, 5) is 10.6. The fraction of sp³-hybridized carbons (Fsp3) is 0.133. The van der Waals surface area contributed by atoms with Crippen molar-refractivity contribution >= 4 is 29.6 Å². The van der Waals surface area contributed by atoms with Gasteiger partial charge in [0.05, 0.1) is 11.4 Å². The minimum atomic E-state index is -1.92. The lowest BCUT2D eigenvalue weighted by atomic mass is 9.91. The van der Waals surface area contributed by atoms with Gasteiger partial charge in [0.2, 0.25) is 0 Å². The second-order valence-corrected chi connectivity index (χ2v) is 13.6. The fourth-order valence-electron chi connectivity index (χ4n) is 5.36. The highest BCUT2D eigenvalue weighted by Crippen LogP contribution is 2.36. The Balaban J connectivity index is 1.67. The first-order chi connectivity index (χ1) is 16.1. The second-order valence-electron chi connectivity index (χ2n) is 9.36. The minimum absolute atomic E-state index is 0.837. The molecule has 0 saturated carbocycles. The Labute approximate surface area is 196 Å². The van der Waals surface area contributed by atoms with Crippen molar-refractivity contribution in [2.24, 2.45) is 0 Å². The van der Waals surface area contributed by atoms with Crippen molar-refractivity contribution in [1.29, 1.82) is 0 Å². The molecule has 0 amide bonds. The van der Waals surface area contributed by atoms with Crippen LogP contribution < -0.4 is 10.4 Å². The van der Waals surface area contributed by atoms with E-state index < -0.39 is 8.07 Å². The van der Waals surface area contributed by atoms with Crippen LogP contribution in [0.5, 0.6) is 0 Å². The first-order valence-corrected chi connectivity index (χ1v) is 14.7. The van der Waals surface area contributed by atoms with Crippen LogP contribution in [0.3, 0.4) is 0 Å². The Bertz CT molecular complexity index is 1420. The van der Waals surface area contributed by atoms with Crippen molar-refractivity contribution in [3.8, 4) is 22.5 Å². The van der Waals surface area contributed by atoms with E-state index in [1.165, 1.54) is 32.6 Å². The molecule has 0 unspecified atom stereocenters. The maximum atomic E-state index is 5.31. The Kier molecular flexibility index (Phi) is 4.74. The van der Waals surface area contributed by atoms with Crippen LogP contribution in [-0.4, -0.2) is 18.0 Å². The molecule has 1 aromatic heterocycles. The predicted octanol–water partition coefficient (Wildman–Crippen LogP) is 6.21. The van der Waals surface area contributed by atoms with Crippen LogP contribution >= 0.6 is 0 Å². The SMILES string of the molecule is C[Si]1(C)c2ccccc2-c2nc(C3=C(c4ccccc4)CCC=C3)nc(-c3ccccc3)c21. The summed E-state index contributed by atoms with van der Waals surface area (Å²) in [5.41, 5.74) is 8.43. The van der Waals surface area contributed by atoms with E-state index in [4.69, 9.17) is 9.97 Å². The molecule has 1 aliphatic carbocycles. The third kappa shape index (κ3) is 3.23. The van der Waals surface area contributed by atoms with Gasteiger partial charge in [-0.2, -0.15) is 0 Å². The van der Waals surface area contributed by atoms with Gasteiger partial charge in [-0.3, -0.25) is 0 Å². The third-order valence-corrected chi connectivity index (χ3v) is 10.5. The Morgan fingerprint density at radius 3 is 2.09 bits per heavy atom. The number of aromatic nitrogens is 2. The highest BCUT2D eigenvalue weighted by Gasteiger charge is 2.41. The van der Waals surface area contributed by atoms with Gasteiger partial charge in [-0.15, -0.1) is 0 Å². The normalized spacial score (nSPS) is 15.9. The third-order valence-electron chi connectivity index (χ3n) is 6.97. The van der Waals surface area contributed by atoms with Crippen LogP contribution in [-0.2, 0) is 0 Å². The van der Waals surface area contributed by atoms with Gasteiger partial charge in [0.1, 0.15) is 8.07 Å². The summed E-state index contributed by atoms with van der Waals surface area (Å²) in [5, 5.41) is 2.82. The molecule has 1 aliphatic heterocycles. The molecule has 3 aromatic carbocycles. The zero-order chi connectivity index (χ0) is 22.4. The monoisotopic (exact) mass is 442 g/mol. The van der Waals surface area contributed by atoms with Crippen molar-refractivity contribution in [2.75, 3.05) is 0 Å². The van der Waals surface area contributed by atoms with Gasteiger partial charge in [0.25, 0.3) is 0 Å². The number of hydrogen-bond donors (Lipinski definition) is 0. The molecule has 0 N–H and O–H groups in total. The molecular formula is C30H26N2Si. The summed E-state index contributed by atoms with van der Waals surface area (Å²) in [6, 6.07) is 30.2. The number of allylic oxidation sites excluding steroid dienone is 4. The number of nitrogens with zero attached hydrogens (tertiary/aromatic N) is 2. The first-order valence-electron chi connectivity index (χ1n) is 11.7. The van der Waals surface area contributed by atoms with E-state index in [0.717, 1.165) is 35.6 Å². The summed E-state index contributed by atoms with van der Waals surface area (Å²) in [6.07, 6.45) is 6.54. The van der Waals surface area contributed by atoms with Crippen molar-refractivity contribution in [3.05, 3.63) is 108 Å². The van der Waals surface area contributed by atoms with Crippen LogP contribution in [0.4, 0.5) is 0 Å². The van der Waals surface area contributed by atoms with Crippen molar-refractivity contribution in [1.82, 2.24) is 9.97 Å². The van der Waals surface area contributed by atoms with E-state index >= 15 is 0 Å². The quantitative estimate of drug-likeness (QED) is 0.353. The lowest BCUT2D eigenvalue weighted by molar-refractivity contribution is 1.04. The largest absolute Gasteiger partial charge is 0.228 e. The van der Waals surface area contributed by atoms with E-state index in [1.54, 1.807) is 0 Å². The fourth-order valence-corrected chi connectivity index (χ4v) is 8.59. The van der Waals surface area contributed by atoms with Gasteiger partial charge in [-0.1, -0.05) is 110 Å². The van der Waals surface area contributed by atoms with Crippen LogP contribution in [0.15, 0.2) is 97.1 Å². The highest BCUT2D eigenvalue weighted by molar-refractivity contribution is 7.04. The van der Waals surface area contributed by atoms with Gasteiger partial charge in [-0.25, -0.2) is 9.97 Å². The van der Waals surface area contributed by atoms with E-state index in [1.807, 2.05) is 0 Å². The average Bonchev–Trinajstić information content (AvgIpc) is 3.11. The van der Waals surface area contributed by atoms with Gasteiger partial charge in [0.15, 0.2) is 5.82 Å². The van der Waals surface area contributed by atoms with Crippen LogP contribution in [0.25, 0.3) is 33.7 Å². The molecule has 2 nitrogen and oxygen atoms in total. The topological polar surface area (TPSA) is 25.8 Å². The predicted molar refractivity (Wildman–Crippen MR) is 141 cm³/mol. The van der Waals surface area contributed by atoms with Gasteiger partial charge in [-0.05, 0) is 39.9 Å². The number of rotatable bonds is 3. The van der Waals surface area contributed by atoms with E-state index in [-0.39, 0.29) is 0 Å². The lowest BCUT2D eigenvalue weighted by Gasteiger charge is -2.22. The highest BCUT2D eigenvalue weighted by atomic mass is 28.3. The van der Waals surface area contributed by atoms with Gasteiger partial charge < -0.3 is 0 Å². The summed E-state index contributed by atoms with van der Waals surface area (Å²) in [7, 11) is -1.92. The summed E-state index contributed by atoms with van der Waals surface area (Å²) in [5.74, 6) is 0.837. The minimum Gasteiger partial charge on any atom is -0.228 e. The first kappa shape index (κ1) is 20.1. The number of hydrogen-bond acceptors (Lipinski definition) is 2. The molecule has 2 aliphatic rings. The lowest BCUT2D eigenvalue weighted by Crippen LogP contribution is -2.50. The Morgan fingerprint density at radius 1 is 0.697 bits per heavy atom. The molecule has 0 spiro atoms. The molecule has 3 heteroatoms. The molecule has 0 fully saturated rings. The zero-order valence-corrected chi connectivity index (χ0v) is 20.0. The Hall–Kier alpha value is -3.56. The maximum absolute atomic E-state index is 5.31. The van der Waals surface area contributed by atoms with Crippen LogP contribution in [0.2, 0.25) is 13.1 Å². The molecule has 33 heavy (non-hydrogen) atoms. The van der Waals surface area contributed by atoms with Gasteiger partial charge >= 0.3 is 0 Å². The smallest absolute Gasteiger partial charge is 0.160 e. The molecule has 160 valence electrons. The molecule has 0 radical (unpaired) electrons. The molecule has 6 rings (SSSR count). The number of benzene rings is 3. The van der Waals surface area contributed by atoms with Crippen molar-refractivity contribution in [3.63, 3.8) is 0 Å². The molecule has 2 heterocycles. The standard InChI is InChI=1S/C30H26N2Si/c1-33(2)26-20-12-11-19-25(26)28-29(33)27(22-15-7-4-8-16-22)31-30(32-28)24-18-10-9-17-23(24)21-13-5-3-6-14-21/h3-8,10-16,18-20H,9,17H2,1-2H3. The molecule has 0 bridgehead atoms. The maximum Gasteiger partial charge on any atom is 0.160 e. The van der Waals surface area contributed by atoms with Crippen molar-refractivity contribution in [2.45, 2.75) is 25.9 Å². The molecule has 0 saturated heterocycles. The molecule has 0 atom stereocenters. The molecule has 4 aromatic rings. The van der Waals surface area contributed by atoms with E-state index in [9.17, 15) is 0 Å².